The van der Waals surface area contributed by atoms with Crippen molar-refractivity contribution >= 4 is 11.3 Å². The lowest BCUT2D eigenvalue weighted by molar-refractivity contribution is 0.136. The summed E-state index contributed by atoms with van der Waals surface area (Å²) in [5.74, 6) is 0. The fourth-order valence-corrected chi connectivity index (χ4v) is 2.34. The zero-order valence-electron chi connectivity index (χ0n) is 9.66. The van der Waals surface area contributed by atoms with Gasteiger partial charge in [0, 0.05) is 24.1 Å². The summed E-state index contributed by atoms with van der Waals surface area (Å²) in [7, 11) is 0. The van der Waals surface area contributed by atoms with Gasteiger partial charge in [0.15, 0.2) is 0 Å². The summed E-state index contributed by atoms with van der Waals surface area (Å²) in [6.45, 7) is 6.97. The van der Waals surface area contributed by atoms with E-state index in [0.29, 0.717) is 6.04 Å². The second kappa shape index (κ2) is 7.85. The quantitative estimate of drug-likeness (QED) is 0.689. The lowest BCUT2D eigenvalue weighted by Gasteiger charge is -2.16. The molecule has 86 valence electrons. The Hall–Kier alpha value is -0.380. The van der Waals surface area contributed by atoms with Gasteiger partial charge in [-0.1, -0.05) is 13.0 Å². The highest BCUT2D eigenvalue weighted by Gasteiger charge is 2.10. The Labute approximate surface area is 96.7 Å². The van der Waals surface area contributed by atoms with E-state index in [4.69, 9.17) is 4.74 Å². The summed E-state index contributed by atoms with van der Waals surface area (Å²) < 4.78 is 5.41. The minimum Gasteiger partial charge on any atom is -0.382 e. The van der Waals surface area contributed by atoms with Crippen molar-refractivity contribution in [2.75, 3.05) is 19.8 Å². The first kappa shape index (κ1) is 12.7. The first-order valence-corrected chi connectivity index (χ1v) is 6.61. The Morgan fingerprint density at radius 3 is 2.93 bits per heavy atom. The van der Waals surface area contributed by atoms with Gasteiger partial charge in [0.2, 0.25) is 0 Å². The molecule has 1 rings (SSSR count). The summed E-state index contributed by atoms with van der Waals surface area (Å²) in [6.07, 6.45) is 2.24. The Morgan fingerprint density at radius 2 is 2.33 bits per heavy atom. The van der Waals surface area contributed by atoms with E-state index in [9.17, 15) is 0 Å². The Bertz CT molecular complexity index is 236. The van der Waals surface area contributed by atoms with Crippen LogP contribution >= 0.6 is 11.3 Å². The molecular formula is C12H21NOS. The third-order valence-electron chi connectivity index (χ3n) is 2.28. The highest BCUT2D eigenvalue weighted by atomic mass is 32.1. The van der Waals surface area contributed by atoms with Crippen molar-refractivity contribution in [3.8, 4) is 0 Å². The second-order valence-corrected chi connectivity index (χ2v) is 4.49. The molecule has 0 spiro atoms. The summed E-state index contributed by atoms with van der Waals surface area (Å²) >= 11 is 1.82. The third-order valence-corrected chi connectivity index (χ3v) is 3.27. The van der Waals surface area contributed by atoms with Crippen molar-refractivity contribution in [2.45, 2.75) is 32.7 Å². The Morgan fingerprint density at radius 1 is 1.47 bits per heavy atom. The van der Waals surface area contributed by atoms with E-state index in [2.05, 4.69) is 29.8 Å². The van der Waals surface area contributed by atoms with Crippen LogP contribution in [0.5, 0.6) is 0 Å². The predicted molar refractivity (Wildman–Crippen MR) is 66.5 cm³/mol. The second-order valence-electron chi connectivity index (χ2n) is 3.51. The summed E-state index contributed by atoms with van der Waals surface area (Å²) in [6, 6.07) is 4.78. The van der Waals surface area contributed by atoms with E-state index in [0.717, 1.165) is 26.2 Å². The van der Waals surface area contributed by atoms with E-state index in [-0.39, 0.29) is 0 Å². The Balaban J connectivity index is 2.39. The summed E-state index contributed by atoms with van der Waals surface area (Å²) in [5, 5.41) is 5.70. The number of nitrogens with one attached hydrogen (secondary N) is 1. The van der Waals surface area contributed by atoms with Crippen molar-refractivity contribution in [1.29, 1.82) is 0 Å². The topological polar surface area (TPSA) is 21.3 Å². The van der Waals surface area contributed by atoms with Crippen molar-refractivity contribution in [3.63, 3.8) is 0 Å². The molecule has 0 bridgehead atoms. The van der Waals surface area contributed by atoms with Gasteiger partial charge < -0.3 is 10.1 Å². The normalized spacial score (nSPS) is 12.9. The van der Waals surface area contributed by atoms with Crippen LogP contribution in [-0.2, 0) is 4.74 Å². The SMILES string of the molecule is CCCNC(CCOCC)c1cccs1. The van der Waals surface area contributed by atoms with Crippen LogP contribution in [-0.4, -0.2) is 19.8 Å². The van der Waals surface area contributed by atoms with Crippen LogP contribution in [0.4, 0.5) is 0 Å². The molecule has 1 aromatic heterocycles. The average molecular weight is 227 g/mol. The monoisotopic (exact) mass is 227 g/mol. The Kier molecular flexibility index (Phi) is 6.64. The van der Waals surface area contributed by atoms with Gasteiger partial charge in [-0.15, -0.1) is 11.3 Å². The van der Waals surface area contributed by atoms with Crippen molar-refractivity contribution in [2.24, 2.45) is 0 Å². The molecule has 2 nitrogen and oxygen atoms in total. The molecule has 1 atom stereocenters. The fraction of sp³-hybridized carbons (Fsp3) is 0.667. The number of hydrogen-bond acceptors (Lipinski definition) is 3. The predicted octanol–water partition coefficient (Wildman–Crippen LogP) is 3.22. The van der Waals surface area contributed by atoms with E-state index in [1.165, 1.54) is 11.3 Å². The van der Waals surface area contributed by atoms with E-state index < -0.39 is 0 Å². The minimum atomic E-state index is 0.469. The summed E-state index contributed by atoms with van der Waals surface area (Å²) in [5.41, 5.74) is 0. The molecule has 0 radical (unpaired) electrons. The molecule has 0 fully saturated rings. The number of rotatable bonds is 8. The first-order chi connectivity index (χ1) is 7.38. The largest absolute Gasteiger partial charge is 0.382 e. The van der Waals surface area contributed by atoms with Crippen molar-refractivity contribution in [3.05, 3.63) is 22.4 Å². The molecular weight excluding hydrogens is 206 g/mol. The molecule has 0 aromatic carbocycles. The molecule has 3 heteroatoms. The maximum atomic E-state index is 5.41. The van der Waals surface area contributed by atoms with E-state index in [1.54, 1.807) is 0 Å². The first-order valence-electron chi connectivity index (χ1n) is 5.73. The fourth-order valence-electron chi connectivity index (χ4n) is 1.50. The maximum absolute atomic E-state index is 5.41. The minimum absolute atomic E-state index is 0.469. The van der Waals surface area contributed by atoms with Gasteiger partial charge in [0.25, 0.3) is 0 Å². The van der Waals surface area contributed by atoms with Crippen LogP contribution in [0.3, 0.4) is 0 Å². The molecule has 0 aliphatic rings. The van der Waals surface area contributed by atoms with Crippen molar-refractivity contribution < 1.29 is 4.74 Å². The zero-order valence-corrected chi connectivity index (χ0v) is 10.5. The van der Waals surface area contributed by atoms with Crippen LogP contribution < -0.4 is 5.32 Å². The maximum Gasteiger partial charge on any atom is 0.0484 e. The van der Waals surface area contributed by atoms with Gasteiger partial charge in [-0.3, -0.25) is 0 Å². The molecule has 0 aliphatic carbocycles. The lowest BCUT2D eigenvalue weighted by atomic mass is 10.2. The highest BCUT2D eigenvalue weighted by molar-refractivity contribution is 7.10. The van der Waals surface area contributed by atoms with Crippen LogP contribution in [0.15, 0.2) is 17.5 Å². The zero-order chi connectivity index (χ0) is 10.9. The standard InChI is InChI=1S/C12H21NOS/c1-3-8-13-11(7-9-14-4-2)12-6-5-10-15-12/h5-6,10-11,13H,3-4,7-9H2,1-2H3. The van der Waals surface area contributed by atoms with E-state index >= 15 is 0 Å². The average Bonchev–Trinajstić information content (AvgIpc) is 2.76. The van der Waals surface area contributed by atoms with Gasteiger partial charge in [-0.05, 0) is 37.8 Å². The third kappa shape index (κ3) is 4.78. The van der Waals surface area contributed by atoms with Gasteiger partial charge >= 0.3 is 0 Å². The molecule has 1 heterocycles. The van der Waals surface area contributed by atoms with E-state index in [1.807, 2.05) is 18.3 Å². The molecule has 15 heavy (non-hydrogen) atoms. The van der Waals surface area contributed by atoms with Gasteiger partial charge in [0.05, 0.1) is 0 Å². The van der Waals surface area contributed by atoms with Gasteiger partial charge in [-0.25, -0.2) is 0 Å². The van der Waals surface area contributed by atoms with Crippen LogP contribution in [0.1, 0.15) is 37.6 Å². The molecule has 1 unspecified atom stereocenters. The van der Waals surface area contributed by atoms with Crippen LogP contribution in [0.25, 0.3) is 0 Å². The van der Waals surface area contributed by atoms with Crippen molar-refractivity contribution in [1.82, 2.24) is 5.32 Å². The molecule has 1 N–H and O–H groups in total. The van der Waals surface area contributed by atoms with Crippen LogP contribution in [0.2, 0.25) is 0 Å². The number of thiophene rings is 1. The molecule has 0 saturated heterocycles. The van der Waals surface area contributed by atoms with Crippen LogP contribution in [0, 0.1) is 0 Å². The lowest BCUT2D eigenvalue weighted by Crippen LogP contribution is -2.22. The highest BCUT2D eigenvalue weighted by Crippen LogP contribution is 2.21. The molecule has 0 saturated carbocycles. The molecule has 1 aromatic rings. The molecule has 0 aliphatic heterocycles. The van der Waals surface area contributed by atoms with Gasteiger partial charge in [-0.2, -0.15) is 0 Å². The summed E-state index contributed by atoms with van der Waals surface area (Å²) in [4.78, 5) is 1.42. The van der Waals surface area contributed by atoms with Gasteiger partial charge in [0.1, 0.15) is 0 Å². The molecule has 0 amide bonds. The smallest absolute Gasteiger partial charge is 0.0484 e. The number of ether oxygens (including phenoxy) is 1. The number of hydrogen-bond donors (Lipinski definition) is 1.